The van der Waals surface area contributed by atoms with Crippen molar-refractivity contribution in [2.24, 2.45) is 0 Å². The van der Waals surface area contributed by atoms with E-state index in [-0.39, 0.29) is 30.6 Å². The number of hydrogen-bond acceptors (Lipinski definition) is 4. The number of benzene rings is 3. The Kier molecular flexibility index (Phi) is 8.62. The summed E-state index contributed by atoms with van der Waals surface area (Å²) in [6, 6.07) is 18.9. The van der Waals surface area contributed by atoms with Gasteiger partial charge in [0.2, 0.25) is 0 Å². The number of alkyl halides is 3. The van der Waals surface area contributed by atoms with Crippen molar-refractivity contribution in [3.8, 4) is 0 Å². The number of rotatable bonds is 10. The normalized spacial score (nSPS) is 13.1. The molecule has 0 aliphatic carbocycles. The molecule has 0 spiro atoms. The average Bonchev–Trinajstić information content (AvgIpc) is 2.84. The fourth-order valence-corrected chi connectivity index (χ4v) is 3.56. The SMILES string of the molecule is O=C(O)c1cccc(C(=O)NC(Cc2ccccc2)C(O)CNCc2cccc(C(F)(F)F)c2)c1. The van der Waals surface area contributed by atoms with Gasteiger partial charge in [0.25, 0.3) is 5.91 Å². The van der Waals surface area contributed by atoms with Gasteiger partial charge in [-0.2, -0.15) is 13.2 Å². The second-order valence-electron chi connectivity index (χ2n) is 8.05. The van der Waals surface area contributed by atoms with E-state index < -0.39 is 35.8 Å². The van der Waals surface area contributed by atoms with E-state index >= 15 is 0 Å². The fourth-order valence-electron chi connectivity index (χ4n) is 3.56. The third kappa shape index (κ3) is 7.66. The standard InChI is InChI=1S/C26H25F3N2O4/c27-26(28,29)21-11-4-8-18(12-21)15-30-16-23(32)22(13-17-6-2-1-3-7-17)31-24(33)19-9-5-10-20(14-19)25(34)35/h1-12,14,22-23,30,32H,13,15-16H2,(H,31,33)(H,34,35). The number of halogens is 3. The minimum absolute atomic E-state index is 0.00317. The number of aliphatic hydroxyl groups excluding tert-OH is 1. The van der Waals surface area contributed by atoms with Crippen LogP contribution in [0, 0.1) is 0 Å². The summed E-state index contributed by atoms with van der Waals surface area (Å²) in [4.78, 5) is 24.0. The third-order valence-electron chi connectivity index (χ3n) is 5.39. The van der Waals surface area contributed by atoms with Gasteiger partial charge >= 0.3 is 12.1 Å². The van der Waals surface area contributed by atoms with Gasteiger partial charge in [-0.3, -0.25) is 4.79 Å². The predicted molar refractivity (Wildman–Crippen MR) is 124 cm³/mol. The highest BCUT2D eigenvalue weighted by Gasteiger charge is 2.30. The van der Waals surface area contributed by atoms with Crippen molar-refractivity contribution in [2.75, 3.05) is 6.54 Å². The molecular weight excluding hydrogens is 461 g/mol. The quantitative estimate of drug-likeness (QED) is 0.349. The molecule has 2 atom stereocenters. The fraction of sp³-hybridized carbons (Fsp3) is 0.231. The molecule has 3 rings (SSSR count). The van der Waals surface area contributed by atoms with Crippen LogP contribution in [0.15, 0.2) is 78.9 Å². The summed E-state index contributed by atoms with van der Waals surface area (Å²) in [6.45, 7) is 0.0941. The number of carbonyl (C=O) groups is 2. The van der Waals surface area contributed by atoms with Crippen LogP contribution in [0.3, 0.4) is 0 Å². The summed E-state index contributed by atoms with van der Waals surface area (Å²) in [5.41, 5.74) is 0.595. The lowest BCUT2D eigenvalue weighted by molar-refractivity contribution is -0.137. The predicted octanol–water partition coefficient (Wildman–Crippen LogP) is 3.90. The van der Waals surface area contributed by atoms with Gasteiger partial charge in [0.05, 0.1) is 23.3 Å². The maximum absolute atomic E-state index is 12.9. The van der Waals surface area contributed by atoms with Gasteiger partial charge in [0, 0.05) is 18.7 Å². The van der Waals surface area contributed by atoms with Gasteiger partial charge in [-0.25, -0.2) is 4.79 Å². The molecule has 0 aliphatic rings. The van der Waals surface area contributed by atoms with E-state index in [2.05, 4.69) is 10.6 Å². The van der Waals surface area contributed by atoms with Crippen LogP contribution in [0.25, 0.3) is 0 Å². The van der Waals surface area contributed by atoms with E-state index in [4.69, 9.17) is 5.11 Å². The van der Waals surface area contributed by atoms with Crippen LogP contribution in [0.4, 0.5) is 13.2 Å². The summed E-state index contributed by atoms with van der Waals surface area (Å²) in [5, 5.41) is 25.7. The summed E-state index contributed by atoms with van der Waals surface area (Å²) in [7, 11) is 0. The first kappa shape index (κ1) is 25.9. The van der Waals surface area contributed by atoms with Crippen LogP contribution >= 0.6 is 0 Å². The molecule has 0 saturated carbocycles. The first-order chi connectivity index (χ1) is 16.6. The minimum atomic E-state index is -4.45. The first-order valence-corrected chi connectivity index (χ1v) is 10.9. The second-order valence-corrected chi connectivity index (χ2v) is 8.05. The maximum Gasteiger partial charge on any atom is 0.416 e. The van der Waals surface area contributed by atoms with Crippen LogP contribution in [0.1, 0.15) is 37.4 Å². The maximum atomic E-state index is 12.9. The van der Waals surface area contributed by atoms with Gasteiger partial charge in [-0.05, 0) is 41.8 Å². The van der Waals surface area contributed by atoms with Crippen LogP contribution in [0.5, 0.6) is 0 Å². The molecule has 4 N–H and O–H groups in total. The van der Waals surface area contributed by atoms with E-state index in [9.17, 15) is 27.9 Å². The Morgan fingerprint density at radius 2 is 1.51 bits per heavy atom. The molecule has 0 radical (unpaired) electrons. The van der Waals surface area contributed by atoms with E-state index in [1.54, 1.807) is 6.07 Å². The van der Waals surface area contributed by atoms with Crippen molar-refractivity contribution in [3.63, 3.8) is 0 Å². The Balaban J connectivity index is 1.68. The second kappa shape index (κ2) is 11.6. The molecule has 35 heavy (non-hydrogen) atoms. The molecule has 2 unspecified atom stereocenters. The number of carboxylic acid groups (broad SMARTS) is 1. The molecule has 184 valence electrons. The Hall–Kier alpha value is -3.69. The number of nitrogens with one attached hydrogen (secondary N) is 2. The minimum Gasteiger partial charge on any atom is -0.478 e. The van der Waals surface area contributed by atoms with Gasteiger partial charge in [0.1, 0.15) is 0 Å². The highest BCUT2D eigenvalue weighted by atomic mass is 19.4. The van der Waals surface area contributed by atoms with Crippen LogP contribution in [0.2, 0.25) is 0 Å². The van der Waals surface area contributed by atoms with Crippen molar-refractivity contribution >= 4 is 11.9 Å². The molecule has 6 nitrogen and oxygen atoms in total. The van der Waals surface area contributed by atoms with Crippen molar-refractivity contribution in [2.45, 2.75) is 31.3 Å². The Morgan fingerprint density at radius 1 is 0.857 bits per heavy atom. The third-order valence-corrected chi connectivity index (χ3v) is 5.39. The van der Waals surface area contributed by atoms with E-state index in [0.717, 1.165) is 17.7 Å². The molecule has 0 fully saturated rings. The average molecular weight is 486 g/mol. The van der Waals surface area contributed by atoms with Gasteiger partial charge in [-0.1, -0.05) is 54.6 Å². The lowest BCUT2D eigenvalue weighted by Crippen LogP contribution is -2.48. The summed E-state index contributed by atoms with van der Waals surface area (Å²) in [5.74, 6) is -1.72. The van der Waals surface area contributed by atoms with Crippen LogP contribution in [-0.4, -0.2) is 40.8 Å². The summed E-state index contributed by atoms with van der Waals surface area (Å²) in [6.07, 6.45) is -5.23. The molecule has 0 aromatic heterocycles. The molecule has 1 amide bonds. The largest absolute Gasteiger partial charge is 0.478 e. The number of aliphatic hydroxyl groups is 1. The number of hydrogen-bond donors (Lipinski definition) is 4. The lowest BCUT2D eigenvalue weighted by Gasteiger charge is -2.25. The van der Waals surface area contributed by atoms with E-state index in [1.807, 2.05) is 30.3 Å². The molecule has 0 aliphatic heterocycles. The van der Waals surface area contributed by atoms with Crippen molar-refractivity contribution in [1.29, 1.82) is 0 Å². The van der Waals surface area contributed by atoms with Crippen molar-refractivity contribution in [3.05, 3.63) is 107 Å². The summed E-state index contributed by atoms with van der Waals surface area (Å²) >= 11 is 0. The highest BCUT2D eigenvalue weighted by molar-refractivity contribution is 5.97. The topological polar surface area (TPSA) is 98.7 Å². The van der Waals surface area contributed by atoms with Crippen LogP contribution < -0.4 is 10.6 Å². The molecule has 9 heteroatoms. The molecule has 3 aromatic rings. The van der Waals surface area contributed by atoms with Gasteiger partial charge < -0.3 is 20.8 Å². The smallest absolute Gasteiger partial charge is 0.416 e. The summed E-state index contributed by atoms with van der Waals surface area (Å²) < 4.78 is 38.8. The Morgan fingerprint density at radius 3 is 2.20 bits per heavy atom. The Labute approximate surface area is 200 Å². The number of aromatic carboxylic acids is 1. The molecule has 3 aromatic carbocycles. The number of carboxylic acids is 1. The van der Waals surface area contributed by atoms with Gasteiger partial charge in [-0.15, -0.1) is 0 Å². The molecule has 0 saturated heterocycles. The lowest BCUT2D eigenvalue weighted by atomic mass is 10.00. The zero-order valence-corrected chi connectivity index (χ0v) is 18.6. The Bertz CT molecular complexity index is 1150. The van der Waals surface area contributed by atoms with E-state index in [0.29, 0.717) is 5.56 Å². The van der Waals surface area contributed by atoms with E-state index in [1.165, 1.54) is 30.3 Å². The first-order valence-electron chi connectivity index (χ1n) is 10.9. The van der Waals surface area contributed by atoms with Crippen molar-refractivity contribution < 1.29 is 33.0 Å². The monoisotopic (exact) mass is 486 g/mol. The molecule has 0 bridgehead atoms. The zero-order valence-electron chi connectivity index (χ0n) is 18.6. The zero-order chi connectivity index (χ0) is 25.4. The number of amides is 1. The molecular formula is C26H25F3N2O4. The van der Waals surface area contributed by atoms with Gasteiger partial charge in [0.15, 0.2) is 0 Å². The highest BCUT2D eigenvalue weighted by Crippen LogP contribution is 2.29. The van der Waals surface area contributed by atoms with Crippen molar-refractivity contribution in [1.82, 2.24) is 10.6 Å². The number of carbonyl (C=O) groups excluding carboxylic acids is 1. The van der Waals surface area contributed by atoms with Crippen LogP contribution in [-0.2, 0) is 19.1 Å². The molecule has 0 heterocycles.